The molecule has 39 heavy (non-hydrogen) atoms. The number of nitro groups is 1. The van der Waals surface area contributed by atoms with Crippen molar-refractivity contribution < 1.29 is 27.6 Å². The van der Waals surface area contributed by atoms with Gasteiger partial charge in [-0.3, -0.25) is 14.9 Å². The number of nitro benzene ring substituents is 1. The number of anilines is 1. The Bertz CT molecular complexity index is 1530. The van der Waals surface area contributed by atoms with Crippen LogP contribution in [0.2, 0.25) is 10.0 Å². The second kappa shape index (κ2) is 12.5. The topological polar surface area (TPSA) is 123 Å². The van der Waals surface area contributed by atoms with Crippen molar-refractivity contribution in [2.24, 2.45) is 0 Å². The number of hydrogen-bond donors (Lipinski definition) is 1. The molecule has 0 aliphatic heterocycles. The summed E-state index contributed by atoms with van der Waals surface area (Å²) >= 11 is 11.5. The van der Waals surface area contributed by atoms with E-state index in [9.17, 15) is 28.1 Å². The molecule has 2 N–H and O–H groups in total. The fourth-order valence-corrected chi connectivity index (χ4v) is 3.41. The Kier molecular flexibility index (Phi) is 9.38. The van der Waals surface area contributed by atoms with E-state index in [2.05, 4.69) is 5.10 Å². The number of benzene rings is 3. The predicted molar refractivity (Wildman–Crippen MR) is 140 cm³/mol. The molecule has 1 heterocycles. The predicted octanol–water partition coefficient (Wildman–Crippen LogP) is 6.93. The average Bonchev–Trinajstić information content (AvgIpc) is 2.89. The van der Waals surface area contributed by atoms with Crippen LogP contribution in [0.15, 0.2) is 77.7 Å². The number of aromatic nitrogens is 2. The second-order valence-corrected chi connectivity index (χ2v) is 8.32. The highest BCUT2D eigenvalue weighted by Crippen LogP contribution is 2.38. The van der Waals surface area contributed by atoms with Crippen molar-refractivity contribution in [2.45, 2.75) is 13.1 Å². The van der Waals surface area contributed by atoms with Crippen LogP contribution in [0.1, 0.15) is 12.5 Å². The summed E-state index contributed by atoms with van der Waals surface area (Å²) in [5, 5.41) is 14.6. The molecule has 4 aromatic rings. The lowest BCUT2D eigenvalue weighted by atomic mass is 10.2. The van der Waals surface area contributed by atoms with Crippen LogP contribution >= 0.6 is 23.2 Å². The maximum atomic E-state index is 12.6. The summed E-state index contributed by atoms with van der Waals surface area (Å²) in [6.45, 7) is 1.86. The minimum Gasteiger partial charge on any atom is -0.487 e. The Balaban J connectivity index is 0.000000239. The van der Waals surface area contributed by atoms with Gasteiger partial charge in [-0.25, -0.2) is 0 Å². The molecule has 0 atom stereocenters. The van der Waals surface area contributed by atoms with E-state index in [0.29, 0.717) is 5.69 Å². The highest BCUT2D eigenvalue weighted by molar-refractivity contribution is 6.32. The molecule has 4 rings (SSSR count). The van der Waals surface area contributed by atoms with Gasteiger partial charge in [0.05, 0.1) is 39.7 Å². The molecule has 0 bridgehead atoms. The lowest BCUT2D eigenvalue weighted by molar-refractivity contribution is -0.385. The number of nitrogens with zero attached hydrogens (tertiary/aromatic N) is 3. The lowest BCUT2D eigenvalue weighted by Gasteiger charge is -2.12. The first-order chi connectivity index (χ1) is 18.4. The maximum absolute atomic E-state index is 12.6. The Morgan fingerprint density at radius 3 is 2.33 bits per heavy atom. The number of alkyl halides is 3. The van der Waals surface area contributed by atoms with Gasteiger partial charge in [0.2, 0.25) is 5.75 Å². The van der Waals surface area contributed by atoms with Gasteiger partial charge >= 0.3 is 11.9 Å². The number of halogens is 5. The van der Waals surface area contributed by atoms with Gasteiger partial charge in [0, 0.05) is 12.1 Å². The fraction of sp³-hybridized carbons (Fsp3) is 0.120. The first-order valence-electron chi connectivity index (χ1n) is 11.0. The fourth-order valence-electron chi connectivity index (χ4n) is 3.07. The number of ether oxygens (including phenoxy) is 2. The average molecular weight is 583 g/mol. The second-order valence-electron chi connectivity index (χ2n) is 7.53. The zero-order chi connectivity index (χ0) is 28.7. The molecule has 0 amide bonds. The Labute approximate surface area is 229 Å². The Morgan fingerprint density at radius 1 is 1.05 bits per heavy atom. The first-order valence-corrected chi connectivity index (χ1v) is 11.7. The van der Waals surface area contributed by atoms with Crippen molar-refractivity contribution in [3.63, 3.8) is 0 Å². The summed E-state index contributed by atoms with van der Waals surface area (Å²) in [5.74, 6) is 0.120. The van der Waals surface area contributed by atoms with Crippen LogP contribution in [0.5, 0.6) is 17.2 Å². The minimum absolute atomic E-state index is 0.00569. The van der Waals surface area contributed by atoms with Crippen LogP contribution < -0.4 is 20.8 Å². The van der Waals surface area contributed by atoms with E-state index in [1.807, 2.05) is 18.2 Å². The molecule has 14 heteroatoms. The van der Waals surface area contributed by atoms with E-state index in [-0.39, 0.29) is 45.3 Å². The van der Waals surface area contributed by atoms with Gasteiger partial charge in [0.1, 0.15) is 16.5 Å². The van der Waals surface area contributed by atoms with E-state index in [1.165, 1.54) is 29.1 Å². The third-order valence-corrected chi connectivity index (χ3v) is 5.54. The quantitative estimate of drug-likeness (QED) is 0.193. The number of nitrogen functional groups attached to an aromatic ring is 1. The zero-order valence-electron chi connectivity index (χ0n) is 20.0. The molecule has 0 fully saturated rings. The minimum atomic E-state index is -4.52. The van der Waals surface area contributed by atoms with Crippen molar-refractivity contribution in [3.05, 3.63) is 109 Å². The smallest absolute Gasteiger partial charge is 0.416 e. The van der Waals surface area contributed by atoms with E-state index >= 15 is 0 Å². The standard InChI is InChI=1S/C15H11ClF3NO4.C10H8ClN3O/c1-2-23-14-8-10(4-5-12(14)20(21)22)24-13-6-3-9(7-11(13)16)15(17,18)19;11-9-8(12)6-13-14(10(9)15)7-4-2-1-3-5-7/h3-8H,2H2,1H3;1-6H,12H2. The molecule has 3 aromatic carbocycles. The molecule has 0 saturated heterocycles. The van der Waals surface area contributed by atoms with Crippen LogP contribution in [0, 0.1) is 10.1 Å². The molecule has 0 radical (unpaired) electrons. The summed E-state index contributed by atoms with van der Waals surface area (Å²) in [7, 11) is 0. The van der Waals surface area contributed by atoms with Crippen molar-refractivity contribution in [2.75, 3.05) is 12.3 Å². The molecule has 1 aromatic heterocycles. The van der Waals surface area contributed by atoms with Gasteiger partial charge in [0.25, 0.3) is 5.56 Å². The largest absolute Gasteiger partial charge is 0.487 e. The molecular weight excluding hydrogens is 564 g/mol. The molecule has 0 saturated carbocycles. The maximum Gasteiger partial charge on any atom is 0.416 e. The molecule has 0 unspecified atom stereocenters. The van der Waals surface area contributed by atoms with Crippen LogP contribution in [0.4, 0.5) is 24.5 Å². The lowest BCUT2D eigenvalue weighted by Crippen LogP contribution is -2.22. The highest BCUT2D eigenvalue weighted by Gasteiger charge is 2.31. The normalized spacial score (nSPS) is 10.8. The highest BCUT2D eigenvalue weighted by atomic mass is 35.5. The Morgan fingerprint density at radius 2 is 1.74 bits per heavy atom. The molecule has 0 aliphatic carbocycles. The van der Waals surface area contributed by atoms with Crippen LogP contribution in [-0.4, -0.2) is 21.3 Å². The summed E-state index contributed by atoms with van der Waals surface area (Å²) in [6.07, 6.45) is -3.16. The number of para-hydroxylation sites is 1. The molecule has 0 aliphatic rings. The molecule has 204 valence electrons. The monoisotopic (exact) mass is 582 g/mol. The van der Waals surface area contributed by atoms with E-state index in [0.717, 1.165) is 18.2 Å². The summed E-state index contributed by atoms with van der Waals surface area (Å²) in [4.78, 5) is 22.0. The number of rotatable bonds is 6. The number of nitrogens with two attached hydrogens (primary N) is 1. The molecular formula is C25H19Cl2F3N4O5. The molecule has 0 spiro atoms. The Hall–Kier alpha value is -4.29. The van der Waals surface area contributed by atoms with Gasteiger partial charge < -0.3 is 15.2 Å². The van der Waals surface area contributed by atoms with Gasteiger partial charge in [0.15, 0.2) is 0 Å². The van der Waals surface area contributed by atoms with E-state index < -0.39 is 22.2 Å². The van der Waals surface area contributed by atoms with E-state index in [4.69, 9.17) is 38.4 Å². The van der Waals surface area contributed by atoms with Crippen LogP contribution in [0.3, 0.4) is 0 Å². The SMILES string of the molecule is CCOc1cc(Oc2ccc(C(F)(F)F)cc2Cl)ccc1[N+](=O)[O-].Nc1cnn(-c2ccccc2)c(=O)c1Cl. The van der Waals surface area contributed by atoms with Gasteiger partial charge in [-0.2, -0.15) is 23.0 Å². The summed E-state index contributed by atoms with van der Waals surface area (Å²) in [5.41, 5.74) is 4.74. The summed E-state index contributed by atoms with van der Waals surface area (Å²) in [6, 6.07) is 15.4. The van der Waals surface area contributed by atoms with Gasteiger partial charge in [-0.05, 0) is 43.3 Å². The summed E-state index contributed by atoms with van der Waals surface area (Å²) < 4.78 is 49.6. The third-order valence-electron chi connectivity index (χ3n) is 4.86. The van der Waals surface area contributed by atoms with Gasteiger partial charge in [-0.1, -0.05) is 41.4 Å². The first kappa shape index (κ1) is 29.3. The van der Waals surface area contributed by atoms with Crippen molar-refractivity contribution in [1.82, 2.24) is 9.78 Å². The van der Waals surface area contributed by atoms with E-state index in [1.54, 1.807) is 19.1 Å². The van der Waals surface area contributed by atoms with Crippen molar-refractivity contribution in [1.29, 1.82) is 0 Å². The third kappa shape index (κ3) is 7.39. The van der Waals surface area contributed by atoms with Crippen LogP contribution in [-0.2, 0) is 6.18 Å². The van der Waals surface area contributed by atoms with Crippen molar-refractivity contribution in [3.8, 4) is 22.9 Å². The number of hydrogen-bond acceptors (Lipinski definition) is 7. The zero-order valence-corrected chi connectivity index (χ0v) is 21.5. The van der Waals surface area contributed by atoms with Crippen molar-refractivity contribution >= 4 is 34.6 Å². The van der Waals surface area contributed by atoms with Gasteiger partial charge in [-0.15, -0.1) is 0 Å². The molecule has 9 nitrogen and oxygen atoms in total. The van der Waals surface area contributed by atoms with Crippen LogP contribution in [0.25, 0.3) is 5.69 Å².